The van der Waals surface area contributed by atoms with E-state index in [9.17, 15) is 19.6 Å². The van der Waals surface area contributed by atoms with Crippen molar-refractivity contribution >= 4 is 28.8 Å². The van der Waals surface area contributed by atoms with Crippen LogP contribution < -0.4 is 26.2 Å². The van der Waals surface area contributed by atoms with E-state index in [1.807, 2.05) is 37.3 Å². The molecule has 2 atom stereocenters. The average molecular weight is 592 g/mol. The molecule has 0 bridgehead atoms. The summed E-state index contributed by atoms with van der Waals surface area (Å²) in [6.07, 6.45) is 0.897. The first-order chi connectivity index (χ1) is 20.4. The van der Waals surface area contributed by atoms with Gasteiger partial charge in [0, 0.05) is 34.8 Å². The Labute approximate surface area is 251 Å². The van der Waals surface area contributed by atoms with E-state index in [1.165, 1.54) is 0 Å². The summed E-state index contributed by atoms with van der Waals surface area (Å²) in [5.41, 5.74) is 3.47. The largest absolute Gasteiger partial charge is 0.489 e. The van der Waals surface area contributed by atoms with E-state index >= 15 is 0 Å². The Bertz CT molecular complexity index is 1440. The van der Waals surface area contributed by atoms with Gasteiger partial charge in [-0.05, 0) is 89.9 Å². The summed E-state index contributed by atoms with van der Waals surface area (Å²) in [5.74, 6) is -0.306. The van der Waals surface area contributed by atoms with Crippen LogP contribution in [0.4, 0.5) is 4.79 Å². The number of carbonyl (C=O) groups is 3. The monoisotopic (exact) mass is 591 g/mol. The summed E-state index contributed by atoms with van der Waals surface area (Å²) in [4.78, 5) is 42.2. The van der Waals surface area contributed by atoms with Crippen LogP contribution in [0.1, 0.15) is 68.1 Å². The van der Waals surface area contributed by atoms with Gasteiger partial charge < -0.3 is 25.4 Å². The summed E-state index contributed by atoms with van der Waals surface area (Å²) in [6, 6.07) is 16.7. The minimum atomic E-state index is -0.888. The van der Waals surface area contributed by atoms with Gasteiger partial charge in [0.1, 0.15) is 18.0 Å². The molecule has 3 amide bonds. The van der Waals surface area contributed by atoms with E-state index in [2.05, 4.69) is 20.9 Å². The third-order valence-electron chi connectivity index (χ3n) is 7.28. The van der Waals surface area contributed by atoms with Crippen molar-refractivity contribution in [1.82, 2.24) is 26.4 Å². The van der Waals surface area contributed by atoms with Crippen LogP contribution >= 0.6 is 0 Å². The molecule has 0 aliphatic carbocycles. The molecule has 0 radical (unpaired) electrons. The molecule has 2 heterocycles. The maximum absolute atomic E-state index is 13.4. The number of alkyl carbamates (subject to hydrolysis) is 1. The van der Waals surface area contributed by atoms with Crippen molar-refractivity contribution in [3.05, 3.63) is 71.4 Å². The number of aryl methyl sites for hydroxylation is 1. The molecule has 0 saturated carbocycles. The molecule has 1 aliphatic rings. The molecule has 5 N–H and O–H groups in total. The Morgan fingerprint density at radius 1 is 1.12 bits per heavy atom. The van der Waals surface area contributed by atoms with Crippen LogP contribution in [0.5, 0.6) is 5.75 Å². The lowest BCUT2D eigenvalue weighted by atomic mass is 9.80. The highest BCUT2D eigenvalue weighted by molar-refractivity contribution is 5.95. The number of carbonyl (C=O) groups excluding carboxylic acids is 3. The van der Waals surface area contributed by atoms with Crippen molar-refractivity contribution in [1.29, 1.82) is 0 Å². The van der Waals surface area contributed by atoms with Crippen LogP contribution in [0.25, 0.3) is 10.9 Å². The van der Waals surface area contributed by atoms with Gasteiger partial charge in [0.2, 0.25) is 5.91 Å². The van der Waals surface area contributed by atoms with Crippen LogP contribution in [-0.2, 0) is 16.1 Å². The van der Waals surface area contributed by atoms with E-state index in [-0.39, 0.29) is 18.4 Å². The highest BCUT2D eigenvalue weighted by Crippen LogP contribution is 2.28. The van der Waals surface area contributed by atoms with Crippen molar-refractivity contribution in [2.24, 2.45) is 0 Å². The van der Waals surface area contributed by atoms with Gasteiger partial charge in [-0.2, -0.15) is 0 Å². The number of para-hydroxylation sites is 1. The Morgan fingerprint density at radius 2 is 1.86 bits per heavy atom. The first-order valence-electron chi connectivity index (χ1n) is 14.5. The maximum Gasteiger partial charge on any atom is 0.407 e. The van der Waals surface area contributed by atoms with E-state index in [1.54, 1.807) is 50.5 Å². The Hall–Kier alpha value is -4.22. The lowest BCUT2D eigenvalue weighted by Crippen LogP contribution is -2.59. The molecule has 1 fully saturated rings. The van der Waals surface area contributed by atoms with Gasteiger partial charge in [-0.25, -0.2) is 10.3 Å². The smallest absolute Gasteiger partial charge is 0.407 e. The zero-order chi connectivity index (χ0) is 31.0. The standard InChI is InChI=1S/C32H41N5O6/c1-21-17-23(26-7-5-6-8-27(26)35-21)20-42-25-11-9-22(10-12-25)29(39)36-32(19-28(38)37-41)14-16-33-24(18-32)13-15-34-30(40)43-31(2,3)4/h5-12,17,24,33,41H,13-16,18-20H2,1-4H3,(H,34,40)(H,36,39)(H,37,38). The minimum absolute atomic E-state index is 0.0841. The molecule has 2 unspecified atom stereocenters. The zero-order valence-corrected chi connectivity index (χ0v) is 25.2. The fourth-order valence-corrected chi connectivity index (χ4v) is 5.38. The number of fused-ring (bicyclic) bond motifs is 1. The van der Waals surface area contributed by atoms with Crippen LogP contribution in [0.3, 0.4) is 0 Å². The third-order valence-corrected chi connectivity index (χ3v) is 7.28. The average Bonchev–Trinajstić information content (AvgIpc) is 2.95. The van der Waals surface area contributed by atoms with Crippen LogP contribution in [0, 0.1) is 6.92 Å². The SMILES string of the molecule is Cc1cc(COc2ccc(C(=O)NC3(CC(=O)NO)CCNC(CCNC(=O)OC(C)(C)C)C3)cc2)c2ccccc2n1. The molecule has 43 heavy (non-hydrogen) atoms. The number of hydroxylamine groups is 1. The Kier molecular flexibility index (Phi) is 10.2. The van der Waals surface area contributed by atoms with Gasteiger partial charge in [-0.3, -0.25) is 19.8 Å². The summed E-state index contributed by atoms with van der Waals surface area (Å²) >= 11 is 0. The number of aromatic nitrogens is 1. The molecular formula is C32H41N5O6. The first-order valence-corrected chi connectivity index (χ1v) is 14.5. The lowest BCUT2D eigenvalue weighted by Gasteiger charge is -2.42. The van der Waals surface area contributed by atoms with Crippen molar-refractivity contribution < 1.29 is 29.1 Å². The molecule has 1 saturated heterocycles. The Morgan fingerprint density at radius 3 is 2.58 bits per heavy atom. The van der Waals surface area contributed by atoms with E-state index < -0.39 is 23.1 Å². The second-order valence-corrected chi connectivity index (χ2v) is 12.0. The topological polar surface area (TPSA) is 151 Å². The molecule has 11 heteroatoms. The van der Waals surface area contributed by atoms with Gasteiger partial charge in [0.05, 0.1) is 17.5 Å². The fraction of sp³-hybridized carbons (Fsp3) is 0.438. The third kappa shape index (κ3) is 9.13. The normalized spacial score (nSPS) is 18.5. The van der Waals surface area contributed by atoms with Crippen molar-refractivity contribution in [2.75, 3.05) is 13.1 Å². The highest BCUT2D eigenvalue weighted by Gasteiger charge is 2.39. The molecule has 2 aromatic carbocycles. The van der Waals surface area contributed by atoms with Crippen molar-refractivity contribution in [3.63, 3.8) is 0 Å². The summed E-state index contributed by atoms with van der Waals surface area (Å²) in [7, 11) is 0. The van der Waals surface area contributed by atoms with Crippen LogP contribution in [0.15, 0.2) is 54.6 Å². The summed E-state index contributed by atoms with van der Waals surface area (Å²) in [5, 5.41) is 19.5. The first kappa shape index (κ1) is 31.7. The van der Waals surface area contributed by atoms with Gasteiger partial charge in [-0.15, -0.1) is 0 Å². The molecule has 1 aromatic heterocycles. The number of nitrogens with one attached hydrogen (secondary N) is 4. The van der Waals surface area contributed by atoms with Gasteiger partial charge in [0.15, 0.2) is 0 Å². The number of amides is 3. The predicted molar refractivity (Wildman–Crippen MR) is 162 cm³/mol. The fourth-order valence-electron chi connectivity index (χ4n) is 5.38. The van der Waals surface area contributed by atoms with E-state index in [0.29, 0.717) is 50.3 Å². The highest BCUT2D eigenvalue weighted by atomic mass is 16.6. The van der Waals surface area contributed by atoms with Crippen molar-refractivity contribution in [2.45, 2.75) is 77.2 Å². The quantitative estimate of drug-likeness (QED) is 0.174. The van der Waals surface area contributed by atoms with Crippen LogP contribution in [-0.4, -0.2) is 58.4 Å². The number of benzene rings is 2. The molecule has 230 valence electrons. The zero-order valence-electron chi connectivity index (χ0n) is 25.2. The number of nitrogens with zero attached hydrogens (tertiary/aromatic N) is 1. The number of rotatable bonds is 10. The number of ether oxygens (including phenoxy) is 2. The number of hydrogen-bond donors (Lipinski definition) is 5. The number of pyridine rings is 1. The van der Waals surface area contributed by atoms with Gasteiger partial charge in [0.25, 0.3) is 5.91 Å². The molecule has 11 nitrogen and oxygen atoms in total. The molecule has 3 aromatic rings. The van der Waals surface area contributed by atoms with E-state index in [4.69, 9.17) is 9.47 Å². The molecule has 1 aliphatic heterocycles. The molecular weight excluding hydrogens is 550 g/mol. The van der Waals surface area contributed by atoms with E-state index in [0.717, 1.165) is 22.2 Å². The second kappa shape index (κ2) is 13.8. The van der Waals surface area contributed by atoms with Crippen LogP contribution in [0.2, 0.25) is 0 Å². The minimum Gasteiger partial charge on any atom is -0.489 e. The lowest BCUT2D eigenvalue weighted by molar-refractivity contribution is -0.131. The predicted octanol–water partition coefficient (Wildman–Crippen LogP) is 4.15. The van der Waals surface area contributed by atoms with Gasteiger partial charge >= 0.3 is 6.09 Å². The molecule has 4 rings (SSSR count). The second-order valence-electron chi connectivity index (χ2n) is 12.0. The van der Waals surface area contributed by atoms with Crippen molar-refractivity contribution in [3.8, 4) is 5.75 Å². The van der Waals surface area contributed by atoms with Gasteiger partial charge in [-0.1, -0.05) is 18.2 Å². The maximum atomic E-state index is 13.4. The number of piperidine rings is 1. The summed E-state index contributed by atoms with van der Waals surface area (Å²) < 4.78 is 11.3. The number of hydrogen-bond acceptors (Lipinski definition) is 8. The molecule has 0 spiro atoms. The summed E-state index contributed by atoms with van der Waals surface area (Å²) in [6.45, 7) is 8.60. The Balaban J connectivity index is 1.38.